The van der Waals surface area contributed by atoms with Crippen molar-refractivity contribution in [1.82, 2.24) is 5.32 Å². The predicted molar refractivity (Wildman–Crippen MR) is 90.3 cm³/mol. The monoisotopic (exact) mass is 297 g/mol. The summed E-state index contributed by atoms with van der Waals surface area (Å²) in [5.74, 6) is 0.899. The Balaban J connectivity index is 2.02. The molecule has 2 nitrogen and oxygen atoms in total. The molecule has 0 aliphatic carbocycles. The minimum atomic E-state index is 0.257. The molecule has 3 aromatic rings. The fourth-order valence-corrected chi connectivity index (χ4v) is 3.31. The average molecular weight is 297 g/mol. The van der Waals surface area contributed by atoms with Crippen LogP contribution in [0.4, 0.5) is 0 Å². The molecule has 0 aliphatic heterocycles. The normalized spacial score (nSPS) is 12.5. The third kappa shape index (κ3) is 2.94. The highest BCUT2D eigenvalue weighted by atomic mass is 32.1. The zero-order chi connectivity index (χ0) is 14.7. The van der Waals surface area contributed by atoms with Crippen LogP contribution in [0, 0.1) is 0 Å². The van der Waals surface area contributed by atoms with Crippen LogP contribution in [0.1, 0.15) is 24.1 Å². The maximum atomic E-state index is 5.29. The largest absolute Gasteiger partial charge is 0.497 e. The molecule has 2 aromatic carbocycles. The summed E-state index contributed by atoms with van der Waals surface area (Å²) in [5, 5.41) is 10.4. The summed E-state index contributed by atoms with van der Waals surface area (Å²) in [4.78, 5) is 0. The lowest BCUT2D eigenvalue weighted by molar-refractivity contribution is 0.415. The van der Waals surface area contributed by atoms with Crippen LogP contribution in [-0.2, 0) is 0 Å². The lowest BCUT2D eigenvalue weighted by atomic mass is 9.98. The van der Waals surface area contributed by atoms with Crippen molar-refractivity contribution in [3.63, 3.8) is 0 Å². The number of nitrogens with one attached hydrogen (secondary N) is 1. The van der Waals surface area contributed by atoms with Gasteiger partial charge in [0.1, 0.15) is 5.75 Å². The van der Waals surface area contributed by atoms with Crippen molar-refractivity contribution in [2.75, 3.05) is 13.7 Å². The summed E-state index contributed by atoms with van der Waals surface area (Å²) in [7, 11) is 1.70. The highest BCUT2D eigenvalue weighted by molar-refractivity contribution is 7.08. The first kappa shape index (κ1) is 14.1. The molecule has 1 heterocycles. The van der Waals surface area contributed by atoms with Gasteiger partial charge in [0.15, 0.2) is 0 Å². The molecule has 3 rings (SSSR count). The second kappa shape index (κ2) is 6.29. The number of hydrogen-bond donors (Lipinski definition) is 1. The van der Waals surface area contributed by atoms with Crippen LogP contribution in [0.2, 0.25) is 0 Å². The fraction of sp³-hybridized carbons (Fsp3) is 0.222. The highest BCUT2D eigenvalue weighted by Crippen LogP contribution is 2.28. The second-order valence-corrected chi connectivity index (χ2v) is 5.80. The number of methoxy groups -OCH3 is 1. The van der Waals surface area contributed by atoms with E-state index >= 15 is 0 Å². The summed E-state index contributed by atoms with van der Waals surface area (Å²) >= 11 is 1.74. The van der Waals surface area contributed by atoms with Crippen molar-refractivity contribution in [1.29, 1.82) is 0 Å². The quantitative estimate of drug-likeness (QED) is 0.742. The van der Waals surface area contributed by atoms with Crippen LogP contribution in [0.15, 0.2) is 53.2 Å². The lowest BCUT2D eigenvalue weighted by Gasteiger charge is -2.18. The topological polar surface area (TPSA) is 21.3 Å². The Kier molecular flexibility index (Phi) is 4.23. The van der Waals surface area contributed by atoms with Gasteiger partial charge >= 0.3 is 0 Å². The highest BCUT2D eigenvalue weighted by Gasteiger charge is 2.13. The van der Waals surface area contributed by atoms with Gasteiger partial charge in [-0.25, -0.2) is 0 Å². The van der Waals surface area contributed by atoms with E-state index in [9.17, 15) is 0 Å². The van der Waals surface area contributed by atoms with Crippen molar-refractivity contribution in [3.05, 3.63) is 64.4 Å². The third-order valence-electron chi connectivity index (χ3n) is 3.69. The van der Waals surface area contributed by atoms with E-state index in [1.54, 1.807) is 18.4 Å². The van der Waals surface area contributed by atoms with E-state index in [1.165, 1.54) is 21.9 Å². The van der Waals surface area contributed by atoms with Crippen LogP contribution in [0.5, 0.6) is 5.75 Å². The van der Waals surface area contributed by atoms with E-state index in [1.807, 2.05) is 6.07 Å². The van der Waals surface area contributed by atoms with Gasteiger partial charge in [-0.15, -0.1) is 0 Å². The van der Waals surface area contributed by atoms with Gasteiger partial charge in [0.05, 0.1) is 13.2 Å². The van der Waals surface area contributed by atoms with Crippen molar-refractivity contribution < 1.29 is 4.74 Å². The Morgan fingerprint density at radius 2 is 1.86 bits per heavy atom. The summed E-state index contributed by atoms with van der Waals surface area (Å²) in [6.45, 7) is 3.09. The molecule has 0 fully saturated rings. The fourth-order valence-electron chi connectivity index (χ4n) is 2.62. The van der Waals surface area contributed by atoms with E-state index in [-0.39, 0.29) is 6.04 Å². The molecule has 21 heavy (non-hydrogen) atoms. The molecular formula is C18H19NOS. The van der Waals surface area contributed by atoms with E-state index in [0.717, 1.165) is 12.3 Å². The Morgan fingerprint density at radius 1 is 1.05 bits per heavy atom. The van der Waals surface area contributed by atoms with Gasteiger partial charge in [-0.05, 0) is 63.5 Å². The van der Waals surface area contributed by atoms with Gasteiger partial charge in [0.25, 0.3) is 0 Å². The first-order chi connectivity index (χ1) is 10.3. The predicted octanol–water partition coefficient (Wildman–Crippen LogP) is 4.61. The first-order valence-corrected chi connectivity index (χ1v) is 8.09. The molecule has 1 N–H and O–H groups in total. The summed E-state index contributed by atoms with van der Waals surface area (Å²) in [6.07, 6.45) is 0. The molecule has 0 aliphatic rings. The molecule has 0 radical (unpaired) electrons. The molecule has 3 heteroatoms. The Labute approximate surface area is 129 Å². The number of hydrogen-bond acceptors (Lipinski definition) is 3. The molecule has 0 spiro atoms. The molecule has 0 bridgehead atoms. The van der Waals surface area contributed by atoms with Gasteiger partial charge < -0.3 is 10.1 Å². The Bertz CT molecular complexity index is 721. The van der Waals surface area contributed by atoms with Crippen molar-refractivity contribution >= 4 is 22.1 Å². The minimum Gasteiger partial charge on any atom is -0.497 e. The standard InChI is InChI=1S/C18H19NOS/c1-3-19-18(16-8-9-21-12-16)15-5-4-14-11-17(20-2)7-6-13(14)10-15/h4-12,18-19H,3H2,1-2H3. The number of ether oxygens (including phenoxy) is 1. The second-order valence-electron chi connectivity index (χ2n) is 5.02. The zero-order valence-electron chi connectivity index (χ0n) is 12.3. The van der Waals surface area contributed by atoms with E-state index in [4.69, 9.17) is 4.74 Å². The number of fused-ring (bicyclic) bond motifs is 1. The SMILES string of the molecule is CCNC(c1ccsc1)c1ccc2cc(OC)ccc2c1. The molecule has 1 atom stereocenters. The van der Waals surface area contributed by atoms with Gasteiger partial charge in [-0.3, -0.25) is 0 Å². The van der Waals surface area contributed by atoms with Crippen LogP contribution >= 0.6 is 11.3 Å². The lowest BCUT2D eigenvalue weighted by Crippen LogP contribution is -2.21. The van der Waals surface area contributed by atoms with Crippen LogP contribution in [0.25, 0.3) is 10.8 Å². The minimum absolute atomic E-state index is 0.257. The average Bonchev–Trinajstić information content (AvgIpc) is 3.05. The van der Waals surface area contributed by atoms with Gasteiger partial charge in [0, 0.05) is 0 Å². The third-order valence-corrected chi connectivity index (χ3v) is 4.39. The Hall–Kier alpha value is -1.84. The summed E-state index contributed by atoms with van der Waals surface area (Å²) in [5.41, 5.74) is 2.63. The molecule has 1 unspecified atom stereocenters. The van der Waals surface area contributed by atoms with Gasteiger partial charge in [-0.2, -0.15) is 11.3 Å². The van der Waals surface area contributed by atoms with Crippen molar-refractivity contribution in [2.24, 2.45) is 0 Å². The van der Waals surface area contributed by atoms with Crippen molar-refractivity contribution in [3.8, 4) is 5.75 Å². The molecule has 1 aromatic heterocycles. The van der Waals surface area contributed by atoms with Gasteiger partial charge in [0.2, 0.25) is 0 Å². The first-order valence-electron chi connectivity index (χ1n) is 7.15. The summed E-state index contributed by atoms with van der Waals surface area (Å²) in [6, 6.07) is 15.3. The zero-order valence-corrected chi connectivity index (χ0v) is 13.1. The molecule has 0 amide bonds. The van der Waals surface area contributed by atoms with Crippen LogP contribution in [-0.4, -0.2) is 13.7 Å². The molecular weight excluding hydrogens is 278 g/mol. The van der Waals surface area contributed by atoms with E-state index in [0.29, 0.717) is 0 Å². The van der Waals surface area contributed by atoms with E-state index in [2.05, 4.69) is 59.4 Å². The van der Waals surface area contributed by atoms with Crippen molar-refractivity contribution in [2.45, 2.75) is 13.0 Å². The summed E-state index contributed by atoms with van der Waals surface area (Å²) < 4.78 is 5.29. The Morgan fingerprint density at radius 3 is 2.57 bits per heavy atom. The maximum Gasteiger partial charge on any atom is 0.119 e. The molecule has 0 saturated carbocycles. The van der Waals surface area contributed by atoms with Crippen LogP contribution in [0.3, 0.4) is 0 Å². The number of thiophene rings is 1. The smallest absolute Gasteiger partial charge is 0.119 e. The molecule has 108 valence electrons. The van der Waals surface area contributed by atoms with E-state index < -0.39 is 0 Å². The maximum absolute atomic E-state index is 5.29. The van der Waals surface area contributed by atoms with Gasteiger partial charge in [-0.1, -0.05) is 25.1 Å². The number of rotatable bonds is 5. The number of benzene rings is 2. The molecule has 0 saturated heterocycles. The van der Waals surface area contributed by atoms with Crippen LogP contribution < -0.4 is 10.1 Å².